The molecule has 3 aromatic heterocycles. The monoisotopic (exact) mass is 360 g/mol. The van der Waals surface area contributed by atoms with Gasteiger partial charge in [0.05, 0.1) is 11.9 Å². The third-order valence-corrected chi connectivity index (χ3v) is 4.07. The number of rotatable bonds is 5. The van der Waals surface area contributed by atoms with Crippen molar-refractivity contribution in [1.29, 1.82) is 0 Å². The Kier molecular flexibility index (Phi) is 4.80. The number of nitrogens with zero attached hydrogens (tertiary/aromatic N) is 5. The first kappa shape index (κ1) is 17.1. The minimum Gasteiger partial charge on any atom is -0.371 e. The second-order valence-corrected chi connectivity index (χ2v) is 6.24. The number of nitrogens with one attached hydrogen (secondary N) is 1. The van der Waals surface area contributed by atoms with Crippen molar-refractivity contribution in [2.45, 2.75) is 19.9 Å². The molecule has 0 aromatic carbocycles. The third-order valence-electron chi connectivity index (χ3n) is 3.70. The van der Waals surface area contributed by atoms with E-state index in [1.807, 2.05) is 13.8 Å². The van der Waals surface area contributed by atoms with Crippen LogP contribution in [0.25, 0.3) is 11.4 Å². The summed E-state index contributed by atoms with van der Waals surface area (Å²) in [6.07, 6.45) is 4.82. The number of halogens is 1. The molecule has 9 heteroatoms. The van der Waals surface area contributed by atoms with E-state index in [-0.39, 0.29) is 22.5 Å². The summed E-state index contributed by atoms with van der Waals surface area (Å²) in [4.78, 5) is 20.4. The van der Waals surface area contributed by atoms with E-state index in [0.717, 1.165) is 5.56 Å². The third kappa shape index (κ3) is 3.53. The van der Waals surface area contributed by atoms with Crippen LogP contribution in [0.15, 0.2) is 40.0 Å². The highest BCUT2D eigenvalue weighted by molar-refractivity contribution is 6.32. The Hall–Kier alpha value is -2.74. The Morgan fingerprint density at radius 2 is 2.00 bits per heavy atom. The fourth-order valence-electron chi connectivity index (χ4n) is 2.27. The first-order chi connectivity index (χ1) is 12.0. The van der Waals surface area contributed by atoms with Crippen LogP contribution in [0.5, 0.6) is 0 Å². The Morgan fingerprint density at radius 3 is 2.68 bits per heavy atom. The van der Waals surface area contributed by atoms with Crippen molar-refractivity contribution in [3.8, 4) is 11.4 Å². The second kappa shape index (κ2) is 7.02. The van der Waals surface area contributed by atoms with Crippen LogP contribution in [0.3, 0.4) is 0 Å². The van der Waals surface area contributed by atoms with Crippen LogP contribution in [0.4, 0.5) is 5.69 Å². The van der Waals surface area contributed by atoms with E-state index in [1.165, 1.54) is 17.9 Å². The molecule has 3 heterocycles. The summed E-state index contributed by atoms with van der Waals surface area (Å²) in [6.45, 7) is 3.99. The fraction of sp³-hybridized carbons (Fsp3) is 0.312. The molecule has 3 aromatic rings. The van der Waals surface area contributed by atoms with Crippen LogP contribution in [0, 0.1) is 5.92 Å². The number of pyridine rings is 1. The predicted octanol–water partition coefficient (Wildman–Crippen LogP) is 2.69. The molecular weight excluding hydrogens is 344 g/mol. The highest BCUT2D eigenvalue weighted by Crippen LogP contribution is 2.28. The van der Waals surface area contributed by atoms with Gasteiger partial charge in [0.1, 0.15) is 11.1 Å². The number of aryl methyl sites for hydroxylation is 1. The maximum Gasteiger partial charge on any atom is 0.287 e. The maximum atomic E-state index is 11.9. The average Bonchev–Trinajstić information content (AvgIpc) is 3.09. The molecule has 0 aliphatic carbocycles. The van der Waals surface area contributed by atoms with Crippen molar-refractivity contribution >= 4 is 17.3 Å². The van der Waals surface area contributed by atoms with Crippen molar-refractivity contribution in [3.05, 3.63) is 52.0 Å². The molecule has 0 bridgehead atoms. The molecule has 130 valence electrons. The zero-order valence-corrected chi connectivity index (χ0v) is 14.7. The Labute approximate surface area is 148 Å². The molecule has 8 nitrogen and oxygen atoms in total. The van der Waals surface area contributed by atoms with Gasteiger partial charge in [-0.3, -0.25) is 9.78 Å². The number of hydrogen-bond donors (Lipinski definition) is 1. The van der Waals surface area contributed by atoms with Crippen molar-refractivity contribution in [1.82, 2.24) is 24.9 Å². The average molecular weight is 361 g/mol. The summed E-state index contributed by atoms with van der Waals surface area (Å²) in [5.41, 5.74) is 0.852. The van der Waals surface area contributed by atoms with E-state index < -0.39 is 0 Å². The van der Waals surface area contributed by atoms with E-state index >= 15 is 0 Å². The lowest BCUT2D eigenvalue weighted by molar-refractivity contribution is 0.336. The van der Waals surface area contributed by atoms with Gasteiger partial charge >= 0.3 is 0 Å². The van der Waals surface area contributed by atoms with Gasteiger partial charge in [0.15, 0.2) is 0 Å². The minimum atomic E-state index is -0.378. The van der Waals surface area contributed by atoms with E-state index in [4.69, 9.17) is 16.1 Å². The van der Waals surface area contributed by atoms with Crippen molar-refractivity contribution in [2.75, 3.05) is 5.32 Å². The molecule has 0 aliphatic rings. The number of aromatic nitrogens is 5. The molecule has 0 amide bonds. The number of anilines is 1. The molecule has 25 heavy (non-hydrogen) atoms. The molecule has 1 unspecified atom stereocenters. The molecule has 0 aliphatic heterocycles. The predicted molar refractivity (Wildman–Crippen MR) is 93.2 cm³/mol. The summed E-state index contributed by atoms with van der Waals surface area (Å²) >= 11 is 6.13. The van der Waals surface area contributed by atoms with Gasteiger partial charge in [-0.15, -0.1) is 0 Å². The van der Waals surface area contributed by atoms with Crippen LogP contribution in [-0.2, 0) is 7.05 Å². The highest BCUT2D eigenvalue weighted by Gasteiger charge is 2.24. The normalized spacial score (nSPS) is 12.4. The molecule has 1 atom stereocenters. The zero-order valence-electron chi connectivity index (χ0n) is 14.0. The zero-order chi connectivity index (χ0) is 18.0. The van der Waals surface area contributed by atoms with Gasteiger partial charge in [-0.25, -0.2) is 4.68 Å². The summed E-state index contributed by atoms with van der Waals surface area (Å²) in [5.74, 6) is 0.975. The largest absolute Gasteiger partial charge is 0.371 e. The lowest BCUT2D eigenvalue weighted by atomic mass is 10.0. The molecule has 1 N–H and O–H groups in total. The van der Waals surface area contributed by atoms with E-state index in [1.54, 1.807) is 24.5 Å². The van der Waals surface area contributed by atoms with Crippen LogP contribution in [0.1, 0.15) is 25.8 Å². The lowest BCUT2D eigenvalue weighted by Gasteiger charge is -2.20. The molecule has 0 saturated heterocycles. The van der Waals surface area contributed by atoms with Crippen molar-refractivity contribution < 1.29 is 4.52 Å². The van der Waals surface area contributed by atoms with Crippen LogP contribution >= 0.6 is 11.6 Å². The Morgan fingerprint density at radius 1 is 1.28 bits per heavy atom. The quantitative estimate of drug-likeness (QED) is 0.746. The van der Waals surface area contributed by atoms with Gasteiger partial charge in [0.2, 0.25) is 11.7 Å². The molecule has 3 rings (SSSR count). The van der Waals surface area contributed by atoms with Crippen molar-refractivity contribution in [3.63, 3.8) is 0 Å². The minimum absolute atomic E-state index is 0.0667. The van der Waals surface area contributed by atoms with Gasteiger partial charge in [-0.05, 0) is 18.1 Å². The number of hydrogen-bond acceptors (Lipinski definition) is 7. The Bertz CT molecular complexity index is 922. The molecule has 0 fully saturated rings. The lowest BCUT2D eigenvalue weighted by Crippen LogP contribution is -2.24. The maximum absolute atomic E-state index is 11.9. The molecule has 0 radical (unpaired) electrons. The fourth-order valence-corrected chi connectivity index (χ4v) is 2.50. The smallest absolute Gasteiger partial charge is 0.287 e. The van der Waals surface area contributed by atoms with Gasteiger partial charge in [0.25, 0.3) is 5.56 Å². The van der Waals surface area contributed by atoms with Gasteiger partial charge in [-0.2, -0.15) is 10.1 Å². The molecule has 0 saturated carbocycles. The van der Waals surface area contributed by atoms with Crippen LogP contribution < -0.4 is 10.9 Å². The van der Waals surface area contributed by atoms with Gasteiger partial charge in [-0.1, -0.05) is 30.6 Å². The highest BCUT2D eigenvalue weighted by atomic mass is 35.5. The van der Waals surface area contributed by atoms with E-state index in [2.05, 4.69) is 25.5 Å². The second-order valence-electron chi connectivity index (χ2n) is 5.86. The van der Waals surface area contributed by atoms with Crippen LogP contribution in [-0.4, -0.2) is 24.9 Å². The summed E-state index contributed by atoms with van der Waals surface area (Å²) in [5, 5.41) is 11.2. The molecule has 0 spiro atoms. The first-order valence-electron chi connectivity index (χ1n) is 7.69. The van der Waals surface area contributed by atoms with Crippen molar-refractivity contribution in [2.24, 2.45) is 13.0 Å². The summed E-state index contributed by atoms with van der Waals surface area (Å²) in [6, 6.07) is 3.27. The SMILES string of the molecule is CC(C)C(Nc1cnn(C)c(=O)c1Cl)c1nc(-c2ccncc2)no1. The standard InChI is InChI=1S/C16H17ClN6O2/c1-9(2)13(20-11-8-19-23(3)16(24)12(11)17)15-21-14(22-25-15)10-4-6-18-7-5-10/h4-9,13,20H,1-3H3. The van der Waals surface area contributed by atoms with Crippen LogP contribution in [0.2, 0.25) is 5.02 Å². The topological polar surface area (TPSA) is 98.7 Å². The Balaban J connectivity index is 1.92. The van der Waals surface area contributed by atoms with E-state index in [9.17, 15) is 4.79 Å². The molecular formula is C16H17ClN6O2. The summed E-state index contributed by atoms with van der Waals surface area (Å²) < 4.78 is 6.59. The summed E-state index contributed by atoms with van der Waals surface area (Å²) in [7, 11) is 1.54. The first-order valence-corrected chi connectivity index (χ1v) is 8.07. The van der Waals surface area contributed by atoms with E-state index in [0.29, 0.717) is 17.4 Å². The van der Waals surface area contributed by atoms with Gasteiger partial charge < -0.3 is 9.84 Å². The van der Waals surface area contributed by atoms with Gasteiger partial charge in [0, 0.05) is 25.0 Å².